The molecular weight excluding hydrogens is 390 g/mol. The number of carbonyl (C=O) groups is 1. The molecule has 0 bridgehead atoms. The van der Waals surface area contributed by atoms with Crippen LogP contribution in [0.5, 0.6) is 0 Å². The van der Waals surface area contributed by atoms with Crippen LogP contribution < -0.4 is 16.0 Å². The first-order valence-corrected chi connectivity index (χ1v) is 10.9. The number of imidazole rings is 1. The molecule has 1 saturated heterocycles. The van der Waals surface area contributed by atoms with Gasteiger partial charge in [0.2, 0.25) is 11.9 Å². The molecule has 31 heavy (non-hydrogen) atoms. The molecule has 8 heteroatoms. The maximum absolute atomic E-state index is 12.6. The summed E-state index contributed by atoms with van der Waals surface area (Å²) in [5, 5.41) is 3.08. The molecule has 0 aliphatic carbocycles. The molecule has 1 aliphatic heterocycles. The highest BCUT2D eigenvalue weighted by Gasteiger charge is 2.26. The number of hydrogen-bond donors (Lipinski definition) is 2. The van der Waals surface area contributed by atoms with Crippen LogP contribution in [0.25, 0.3) is 5.95 Å². The van der Waals surface area contributed by atoms with Gasteiger partial charge in [-0.25, -0.2) is 9.97 Å². The van der Waals surface area contributed by atoms with E-state index in [2.05, 4.69) is 32.3 Å². The van der Waals surface area contributed by atoms with Gasteiger partial charge in [0.05, 0.1) is 0 Å². The molecule has 1 atom stereocenters. The second-order valence-electron chi connectivity index (χ2n) is 7.85. The van der Waals surface area contributed by atoms with Crippen LogP contribution in [-0.2, 0) is 17.8 Å². The Hall–Kier alpha value is -3.26. The van der Waals surface area contributed by atoms with E-state index in [9.17, 15) is 4.79 Å². The van der Waals surface area contributed by atoms with E-state index in [1.54, 1.807) is 23.3 Å². The van der Waals surface area contributed by atoms with E-state index in [-0.39, 0.29) is 11.9 Å². The fourth-order valence-electron chi connectivity index (χ4n) is 3.99. The Morgan fingerprint density at radius 2 is 1.97 bits per heavy atom. The van der Waals surface area contributed by atoms with Crippen LogP contribution >= 0.6 is 0 Å². The number of nitrogens with one attached hydrogen (secondary N) is 1. The Labute approximate surface area is 182 Å². The second-order valence-corrected chi connectivity index (χ2v) is 7.85. The van der Waals surface area contributed by atoms with Gasteiger partial charge >= 0.3 is 0 Å². The summed E-state index contributed by atoms with van der Waals surface area (Å²) in [6.07, 6.45) is 11.5. The van der Waals surface area contributed by atoms with Crippen molar-refractivity contribution in [1.82, 2.24) is 24.8 Å². The second kappa shape index (κ2) is 10.2. The van der Waals surface area contributed by atoms with E-state index in [0.29, 0.717) is 25.5 Å². The normalized spacial score (nSPS) is 16.3. The van der Waals surface area contributed by atoms with Crippen LogP contribution in [0.2, 0.25) is 0 Å². The number of aromatic nitrogens is 4. The maximum Gasteiger partial charge on any atom is 0.236 e. The van der Waals surface area contributed by atoms with Gasteiger partial charge in [-0.05, 0) is 42.9 Å². The lowest BCUT2D eigenvalue weighted by atomic mass is 9.99. The molecule has 0 saturated carbocycles. The quantitative estimate of drug-likeness (QED) is 0.581. The van der Waals surface area contributed by atoms with E-state index in [1.807, 2.05) is 24.4 Å². The minimum Gasteiger partial charge on any atom is -0.356 e. The Kier molecular flexibility index (Phi) is 6.89. The Morgan fingerprint density at radius 3 is 2.74 bits per heavy atom. The van der Waals surface area contributed by atoms with Gasteiger partial charge in [-0.1, -0.05) is 24.3 Å². The first kappa shape index (κ1) is 21.0. The Bertz CT molecular complexity index is 972. The minimum absolute atomic E-state index is 0.0827. The topological polar surface area (TPSA) is 102 Å². The molecule has 0 spiro atoms. The predicted octanol–water partition coefficient (Wildman–Crippen LogP) is 2.23. The third-order valence-corrected chi connectivity index (χ3v) is 5.70. The highest BCUT2D eigenvalue weighted by atomic mass is 16.1. The largest absolute Gasteiger partial charge is 0.356 e. The molecule has 1 unspecified atom stereocenters. The molecule has 2 aromatic heterocycles. The lowest BCUT2D eigenvalue weighted by Crippen LogP contribution is -2.43. The summed E-state index contributed by atoms with van der Waals surface area (Å²) in [7, 11) is 0. The Morgan fingerprint density at radius 1 is 1.13 bits per heavy atom. The summed E-state index contributed by atoms with van der Waals surface area (Å²) in [4.78, 5) is 28.0. The van der Waals surface area contributed by atoms with Gasteiger partial charge in [0.1, 0.15) is 12.1 Å². The number of benzene rings is 1. The number of carbonyl (C=O) groups excluding carboxylic acids is 1. The van der Waals surface area contributed by atoms with Crippen molar-refractivity contribution in [1.29, 1.82) is 0 Å². The van der Waals surface area contributed by atoms with Gasteiger partial charge in [-0.2, -0.15) is 4.98 Å². The summed E-state index contributed by atoms with van der Waals surface area (Å²) >= 11 is 0. The van der Waals surface area contributed by atoms with Gasteiger partial charge in [-0.3, -0.25) is 9.36 Å². The van der Waals surface area contributed by atoms with Crippen molar-refractivity contribution in [3.8, 4) is 5.95 Å². The highest BCUT2D eigenvalue weighted by molar-refractivity contribution is 5.77. The first-order chi connectivity index (χ1) is 15.2. The average molecular weight is 420 g/mol. The molecule has 1 amide bonds. The van der Waals surface area contributed by atoms with E-state index in [1.165, 1.54) is 5.56 Å². The van der Waals surface area contributed by atoms with Crippen LogP contribution in [-0.4, -0.2) is 44.6 Å². The van der Waals surface area contributed by atoms with Crippen LogP contribution in [0.15, 0.2) is 55.2 Å². The third kappa shape index (κ3) is 5.46. The molecule has 3 aromatic rings. The van der Waals surface area contributed by atoms with Crippen molar-refractivity contribution in [3.63, 3.8) is 0 Å². The maximum atomic E-state index is 12.6. The van der Waals surface area contributed by atoms with Crippen LogP contribution in [0.1, 0.15) is 36.8 Å². The standard InChI is InChI=1S/C23H29N7O/c24-16-19-6-4-18(5-7-19)8-10-26-22(31)15-20-3-1-2-13-30(20)21-9-11-27-23(28-21)29-14-12-25-17-29/h4-7,9,11-12,14,17,20H,1-3,8,10,13,15-16,24H2,(H,26,31). The highest BCUT2D eigenvalue weighted by Crippen LogP contribution is 2.25. The molecule has 8 nitrogen and oxygen atoms in total. The summed E-state index contributed by atoms with van der Waals surface area (Å²) < 4.78 is 1.79. The van der Waals surface area contributed by atoms with Crippen LogP contribution in [0, 0.1) is 0 Å². The van der Waals surface area contributed by atoms with Crippen molar-refractivity contribution >= 4 is 11.7 Å². The zero-order valence-corrected chi connectivity index (χ0v) is 17.7. The van der Waals surface area contributed by atoms with Gasteiger partial charge in [0.15, 0.2) is 0 Å². The zero-order valence-electron chi connectivity index (χ0n) is 17.7. The number of rotatable bonds is 8. The van der Waals surface area contributed by atoms with E-state index < -0.39 is 0 Å². The van der Waals surface area contributed by atoms with Gasteiger partial charge in [-0.15, -0.1) is 0 Å². The smallest absolute Gasteiger partial charge is 0.236 e. The summed E-state index contributed by atoms with van der Waals surface area (Å²) in [6.45, 7) is 2.07. The number of piperidine rings is 1. The molecule has 3 N–H and O–H groups in total. The lowest BCUT2D eigenvalue weighted by molar-refractivity contribution is -0.121. The van der Waals surface area contributed by atoms with Crippen molar-refractivity contribution in [2.45, 2.75) is 44.7 Å². The fourth-order valence-corrected chi connectivity index (χ4v) is 3.99. The lowest BCUT2D eigenvalue weighted by Gasteiger charge is -2.36. The van der Waals surface area contributed by atoms with Crippen molar-refractivity contribution < 1.29 is 4.79 Å². The number of nitrogens with two attached hydrogens (primary N) is 1. The van der Waals surface area contributed by atoms with Crippen molar-refractivity contribution in [3.05, 3.63) is 66.4 Å². The summed E-state index contributed by atoms with van der Waals surface area (Å²) in [5.41, 5.74) is 7.96. The third-order valence-electron chi connectivity index (χ3n) is 5.70. The molecule has 4 rings (SSSR count). The Balaban J connectivity index is 1.34. The van der Waals surface area contributed by atoms with Crippen LogP contribution in [0.4, 0.5) is 5.82 Å². The zero-order chi connectivity index (χ0) is 21.5. The van der Waals surface area contributed by atoms with Crippen molar-refractivity contribution in [2.75, 3.05) is 18.0 Å². The predicted molar refractivity (Wildman–Crippen MR) is 120 cm³/mol. The van der Waals surface area contributed by atoms with Crippen molar-refractivity contribution in [2.24, 2.45) is 5.73 Å². The number of nitrogens with zero attached hydrogens (tertiary/aromatic N) is 5. The molecule has 3 heterocycles. The summed E-state index contributed by atoms with van der Waals surface area (Å²) in [5.74, 6) is 1.53. The van der Waals surface area contributed by atoms with Crippen LogP contribution in [0.3, 0.4) is 0 Å². The summed E-state index contributed by atoms with van der Waals surface area (Å²) in [6, 6.07) is 10.3. The molecular formula is C23H29N7O. The van der Waals surface area contributed by atoms with Gasteiger partial charge in [0, 0.05) is 50.7 Å². The van der Waals surface area contributed by atoms with E-state index in [4.69, 9.17) is 10.7 Å². The molecule has 1 aliphatic rings. The molecule has 162 valence electrons. The van der Waals surface area contributed by atoms with E-state index >= 15 is 0 Å². The number of anilines is 1. The number of amides is 1. The molecule has 1 aromatic carbocycles. The molecule has 0 radical (unpaired) electrons. The fraction of sp³-hybridized carbons (Fsp3) is 0.391. The first-order valence-electron chi connectivity index (χ1n) is 10.9. The van der Waals surface area contributed by atoms with Gasteiger partial charge in [0.25, 0.3) is 0 Å². The SMILES string of the molecule is NCc1ccc(CCNC(=O)CC2CCCCN2c2ccnc(-n3ccnc3)n2)cc1. The molecule has 1 fully saturated rings. The van der Waals surface area contributed by atoms with Gasteiger partial charge < -0.3 is 16.0 Å². The monoisotopic (exact) mass is 419 g/mol. The number of hydrogen-bond acceptors (Lipinski definition) is 6. The average Bonchev–Trinajstić information content (AvgIpc) is 3.35. The minimum atomic E-state index is 0.0827. The van der Waals surface area contributed by atoms with E-state index in [0.717, 1.165) is 43.6 Å².